The molecule has 1 aromatic heterocycles. The molecule has 1 aromatic rings. The lowest BCUT2D eigenvalue weighted by Crippen LogP contribution is -2.33. The van der Waals surface area contributed by atoms with Crippen molar-refractivity contribution < 1.29 is 14.7 Å². The van der Waals surface area contributed by atoms with Crippen LogP contribution in [-0.4, -0.2) is 61.0 Å². The van der Waals surface area contributed by atoms with Gasteiger partial charge in [-0.3, -0.25) is 9.59 Å². The predicted octanol–water partition coefficient (Wildman–Crippen LogP) is -0.0589. The summed E-state index contributed by atoms with van der Waals surface area (Å²) in [6.07, 6.45) is 1.34. The van der Waals surface area contributed by atoms with Gasteiger partial charge in [0.15, 0.2) is 5.69 Å². The van der Waals surface area contributed by atoms with E-state index in [1.807, 2.05) is 23.5 Å². The number of carbonyl (C=O) groups is 2. The van der Waals surface area contributed by atoms with Gasteiger partial charge in [0, 0.05) is 29.1 Å². The van der Waals surface area contributed by atoms with Crippen molar-refractivity contribution in [2.24, 2.45) is 0 Å². The van der Waals surface area contributed by atoms with Gasteiger partial charge in [-0.25, -0.2) is 4.68 Å². The van der Waals surface area contributed by atoms with Crippen LogP contribution in [-0.2, 0) is 11.3 Å². The van der Waals surface area contributed by atoms with Crippen LogP contribution in [0.4, 0.5) is 0 Å². The van der Waals surface area contributed by atoms with Crippen LogP contribution in [0.25, 0.3) is 0 Å². The number of carboxylic acid groups (broad SMARTS) is 1. The number of hydrogen-bond donors (Lipinski definition) is 2. The number of amides is 1. The van der Waals surface area contributed by atoms with E-state index in [2.05, 4.69) is 15.6 Å². The van der Waals surface area contributed by atoms with Crippen molar-refractivity contribution in [3.8, 4) is 0 Å². The number of carboxylic acids is 1. The summed E-state index contributed by atoms with van der Waals surface area (Å²) in [6, 6.07) is 0. The van der Waals surface area contributed by atoms with Gasteiger partial charge in [0.1, 0.15) is 6.54 Å². The highest BCUT2D eigenvalue weighted by molar-refractivity contribution is 8.06. The molecule has 104 valence electrons. The van der Waals surface area contributed by atoms with Gasteiger partial charge in [0.05, 0.1) is 6.20 Å². The zero-order valence-corrected chi connectivity index (χ0v) is 11.7. The molecule has 7 nitrogen and oxygen atoms in total. The van der Waals surface area contributed by atoms with Crippen molar-refractivity contribution in [2.45, 2.75) is 11.8 Å². The van der Waals surface area contributed by atoms with Crippen LogP contribution < -0.4 is 5.32 Å². The Labute approximate surface area is 118 Å². The highest BCUT2D eigenvalue weighted by atomic mass is 32.2. The van der Waals surface area contributed by atoms with Crippen molar-refractivity contribution in [1.29, 1.82) is 0 Å². The van der Waals surface area contributed by atoms with Crippen molar-refractivity contribution in [1.82, 2.24) is 20.3 Å². The second kappa shape index (κ2) is 6.80. The molecule has 0 bridgehead atoms. The van der Waals surface area contributed by atoms with Gasteiger partial charge in [0.2, 0.25) is 0 Å². The quantitative estimate of drug-likeness (QED) is 0.786. The second-order valence-corrected chi connectivity index (χ2v) is 6.53. The third-order valence-electron chi connectivity index (χ3n) is 2.44. The van der Waals surface area contributed by atoms with E-state index < -0.39 is 5.97 Å². The zero-order chi connectivity index (χ0) is 13.7. The Morgan fingerprint density at radius 3 is 3.05 bits per heavy atom. The molecule has 1 unspecified atom stereocenters. The van der Waals surface area contributed by atoms with Crippen molar-refractivity contribution in [3.05, 3.63) is 11.9 Å². The Morgan fingerprint density at radius 1 is 1.53 bits per heavy atom. The molecule has 2 N–H and O–H groups in total. The third kappa shape index (κ3) is 4.43. The standard InChI is InChI=1S/C10H14N4O3S2/c15-9(16)5-14-4-8(12-13-14)10(17)11-3-7-6-18-1-2-19-7/h4,7H,1-3,5-6H2,(H,11,17)(H,15,16). The first-order chi connectivity index (χ1) is 9.15. The summed E-state index contributed by atoms with van der Waals surface area (Å²) in [5, 5.41) is 19.1. The summed E-state index contributed by atoms with van der Waals surface area (Å²) in [7, 11) is 0. The number of carbonyl (C=O) groups excluding carboxylic acids is 1. The first kappa shape index (κ1) is 14.2. The molecule has 1 saturated heterocycles. The summed E-state index contributed by atoms with van der Waals surface area (Å²) in [5.41, 5.74) is 0.148. The van der Waals surface area contributed by atoms with Gasteiger partial charge in [-0.1, -0.05) is 5.21 Å². The molecule has 0 aliphatic carbocycles. The molecule has 1 atom stereocenters. The topological polar surface area (TPSA) is 97.1 Å². The Balaban J connectivity index is 1.81. The van der Waals surface area contributed by atoms with Gasteiger partial charge in [-0.15, -0.1) is 5.10 Å². The molecule has 1 amide bonds. The van der Waals surface area contributed by atoms with Crippen LogP contribution in [0.3, 0.4) is 0 Å². The van der Waals surface area contributed by atoms with Crippen LogP contribution in [0.2, 0.25) is 0 Å². The van der Waals surface area contributed by atoms with Gasteiger partial charge in [-0.05, 0) is 0 Å². The molecular formula is C10H14N4O3S2. The number of thioether (sulfide) groups is 2. The van der Waals surface area contributed by atoms with Crippen LogP contribution in [0.5, 0.6) is 0 Å². The van der Waals surface area contributed by atoms with Crippen molar-refractivity contribution in [3.63, 3.8) is 0 Å². The summed E-state index contributed by atoms with van der Waals surface area (Å²) >= 11 is 3.75. The van der Waals surface area contributed by atoms with Gasteiger partial charge < -0.3 is 10.4 Å². The summed E-state index contributed by atoms with van der Waals surface area (Å²) in [6.45, 7) is 0.303. The number of nitrogens with one attached hydrogen (secondary N) is 1. The van der Waals surface area contributed by atoms with Crippen LogP contribution in [0, 0.1) is 0 Å². The summed E-state index contributed by atoms with van der Waals surface area (Å²) < 4.78 is 1.13. The minimum absolute atomic E-state index is 0.148. The lowest BCUT2D eigenvalue weighted by Gasteiger charge is -2.20. The van der Waals surface area contributed by atoms with Gasteiger partial charge in [-0.2, -0.15) is 23.5 Å². The number of nitrogens with zero attached hydrogens (tertiary/aromatic N) is 3. The maximum Gasteiger partial charge on any atom is 0.325 e. The molecule has 2 rings (SSSR count). The monoisotopic (exact) mass is 302 g/mol. The first-order valence-corrected chi connectivity index (χ1v) is 7.95. The SMILES string of the molecule is O=C(O)Cn1cc(C(=O)NCC2CSCCS2)nn1. The Morgan fingerprint density at radius 2 is 2.37 bits per heavy atom. The number of rotatable bonds is 5. The first-order valence-electron chi connectivity index (χ1n) is 5.74. The molecule has 1 fully saturated rings. The van der Waals surface area contributed by atoms with E-state index in [0.717, 1.165) is 16.2 Å². The molecule has 1 aliphatic rings. The average molecular weight is 302 g/mol. The molecule has 0 aromatic carbocycles. The molecule has 0 spiro atoms. The second-order valence-electron chi connectivity index (χ2n) is 3.97. The van der Waals surface area contributed by atoms with E-state index in [0.29, 0.717) is 11.8 Å². The third-order valence-corrected chi connectivity index (χ3v) is 5.29. The largest absolute Gasteiger partial charge is 0.480 e. The Kier molecular flexibility index (Phi) is 5.08. The van der Waals surface area contributed by atoms with Gasteiger partial charge in [0.25, 0.3) is 5.91 Å². The lowest BCUT2D eigenvalue weighted by molar-refractivity contribution is -0.137. The number of aromatic nitrogens is 3. The molecule has 2 heterocycles. The maximum atomic E-state index is 11.8. The smallest absolute Gasteiger partial charge is 0.325 e. The summed E-state index contributed by atoms with van der Waals surface area (Å²) in [5.74, 6) is 1.98. The van der Waals surface area contributed by atoms with E-state index >= 15 is 0 Å². The highest BCUT2D eigenvalue weighted by Gasteiger charge is 2.17. The minimum Gasteiger partial charge on any atom is -0.480 e. The predicted molar refractivity (Wildman–Crippen MR) is 73.6 cm³/mol. The molecule has 1 aliphatic heterocycles. The number of aliphatic carboxylic acids is 1. The van der Waals surface area contributed by atoms with Gasteiger partial charge >= 0.3 is 5.97 Å². The van der Waals surface area contributed by atoms with E-state index in [-0.39, 0.29) is 18.1 Å². The fourth-order valence-electron chi connectivity index (χ4n) is 1.57. The average Bonchev–Trinajstić information content (AvgIpc) is 2.85. The molecule has 0 radical (unpaired) electrons. The molecule has 0 saturated carbocycles. The van der Waals surface area contributed by atoms with Crippen LogP contribution in [0.15, 0.2) is 6.20 Å². The summed E-state index contributed by atoms with van der Waals surface area (Å²) in [4.78, 5) is 22.3. The molecular weight excluding hydrogens is 288 g/mol. The minimum atomic E-state index is -1.02. The van der Waals surface area contributed by atoms with Crippen molar-refractivity contribution >= 4 is 35.4 Å². The molecule has 9 heteroatoms. The lowest BCUT2D eigenvalue weighted by atomic mass is 10.4. The Bertz CT molecular complexity index is 459. The normalized spacial score (nSPS) is 19.1. The fraction of sp³-hybridized carbons (Fsp3) is 0.600. The van der Waals surface area contributed by atoms with E-state index in [1.165, 1.54) is 11.9 Å². The number of hydrogen-bond acceptors (Lipinski definition) is 6. The van der Waals surface area contributed by atoms with E-state index in [1.54, 1.807) is 0 Å². The van der Waals surface area contributed by atoms with E-state index in [9.17, 15) is 9.59 Å². The highest BCUT2D eigenvalue weighted by Crippen LogP contribution is 2.23. The van der Waals surface area contributed by atoms with Crippen LogP contribution in [0.1, 0.15) is 10.5 Å². The Hall–Kier alpha value is -1.22. The van der Waals surface area contributed by atoms with Crippen LogP contribution >= 0.6 is 23.5 Å². The molecule has 19 heavy (non-hydrogen) atoms. The maximum absolute atomic E-state index is 11.8. The van der Waals surface area contributed by atoms with Crippen molar-refractivity contribution in [2.75, 3.05) is 23.8 Å². The van der Waals surface area contributed by atoms with E-state index in [4.69, 9.17) is 5.11 Å². The zero-order valence-electron chi connectivity index (χ0n) is 10.1. The fourth-order valence-corrected chi connectivity index (χ4v) is 4.18.